The van der Waals surface area contributed by atoms with Crippen molar-refractivity contribution in [1.82, 2.24) is 0 Å². The molecule has 0 radical (unpaired) electrons. The maximum atomic E-state index is 12.3. The summed E-state index contributed by atoms with van der Waals surface area (Å²) in [5, 5.41) is 7.00. The van der Waals surface area contributed by atoms with Gasteiger partial charge in [0.05, 0.1) is 13.7 Å². The number of ether oxygens (including phenoxy) is 3. The van der Waals surface area contributed by atoms with Crippen molar-refractivity contribution in [2.75, 3.05) is 26.6 Å². The van der Waals surface area contributed by atoms with Gasteiger partial charge in [-0.15, -0.1) is 0 Å². The van der Waals surface area contributed by atoms with Crippen LogP contribution >= 0.6 is 30.1 Å². The highest BCUT2D eigenvalue weighted by Crippen LogP contribution is 2.43. The number of benzene rings is 1. The quantitative estimate of drug-likeness (QED) is 0.162. The number of rotatable bonds is 10. The third-order valence-electron chi connectivity index (χ3n) is 4.34. The number of aliphatic hydroxyl groups excluding tert-OH is 1. The van der Waals surface area contributed by atoms with E-state index in [9.17, 15) is 9.59 Å². The number of aliphatic hydroxyl groups is 1. The monoisotopic (exact) mass is 522 g/mol. The predicted octanol–water partition coefficient (Wildman–Crippen LogP) is 4.21. The second-order valence-electron chi connectivity index (χ2n) is 6.02. The van der Waals surface area contributed by atoms with Gasteiger partial charge in [0.25, 0.3) is 0 Å². The summed E-state index contributed by atoms with van der Waals surface area (Å²) in [4.78, 5) is 22.9. The molecule has 0 atom stereocenters. The Morgan fingerprint density at radius 1 is 1.36 bits per heavy atom. The first-order valence-electron chi connectivity index (χ1n) is 8.84. The van der Waals surface area contributed by atoms with E-state index >= 15 is 0 Å². The van der Waals surface area contributed by atoms with Crippen molar-refractivity contribution in [3.05, 3.63) is 33.9 Å². The molecule has 0 fully saturated rings. The summed E-state index contributed by atoms with van der Waals surface area (Å²) < 4.78 is 16.9. The highest BCUT2D eigenvalue weighted by atomic mass is 127. The van der Waals surface area contributed by atoms with Crippen molar-refractivity contribution < 1.29 is 28.9 Å². The van der Waals surface area contributed by atoms with Gasteiger partial charge in [-0.2, -0.15) is 0 Å². The largest absolute Gasteiger partial charge is 0.496 e. The fourth-order valence-corrected chi connectivity index (χ4v) is 3.69. The van der Waals surface area contributed by atoms with Gasteiger partial charge in [0.15, 0.2) is 0 Å². The zero-order valence-electron chi connectivity index (χ0n) is 16.7. The second kappa shape index (κ2) is 13.1. The number of methoxy groups -OCH3 is 1. The van der Waals surface area contributed by atoms with E-state index in [0.29, 0.717) is 30.8 Å². The van der Waals surface area contributed by atoms with Crippen LogP contribution in [0.25, 0.3) is 0 Å². The van der Waals surface area contributed by atoms with Gasteiger partial charge in [-0.05, 0) is 53.5 Å². The zero-order chi connectivity index (χ0) is 21.1. The van der Waals surface area contributed by atoms with Crippen LogP contribution in [0.3, 0.4) is 0 Å². The number of carbonyl (C=O) groups excluding carboxylic acids is 2. The van der Waals surface area contributed by atoms with Crippen molar-refractivity contribution in [2.45, 2.75) is 39.7 Å². The Hall–Kier alpha value is -1.26. The minimum absolute atomic E-state index is 0.252. The molecule has 1 N–H and O–H groups in total. The number of hydrogen-bond acceptors (Lipinski definition) is 7. The lowest BCUT2D eigenvalue weighted by Crippen LogP contribution is -2.10. The summed E-state index contributed by atoms with van der Waals surface area (Å²) in [5.41, 5.74) is 4.25. The molecule has 1 aromatic carbocycles. The van der Waals surface area contributed by atoms with Crippen LogP contribution in [0, 0.1) is 6.92 Å². The molecular formula is C20H27IO6S. The highest BCUT2D eigenvalue weighted by molar-refractivity contribution is 14.2. The molecule has 0 spiro atoms. The van der Waals surface area contributed by atoms with E-state index in [1.807, 2.05) is 13.8 Å². The van der Waals surface area contributed by atoms with Gasteiger partial charge in [0.2, 0.25) is 0 Å². The Morgan fingerprint density at radius 3 is 2.68 bits per heavy atom. The summed E-state index contributed by atoms with van der Waals surface area (Å²) in [5.74, 6) is 1.77. The number of halogens is 1. The summed E-state index contributed by atoms with van der Waals surface area (Å²) in [6, 6.07) is 0. The number of hydrogen-bond donors (Lipinski definition) is 1. The maximum Gasteiger partial charge on any atom is 0.342 e. The number of carbonyl (C=O) groups is 2. The van der Waals surface area contributed by atoms with Crippen molar-refractivity contribution in [2.24, 2.45) is 0 Å². The predicted molar refractivity (Wildman–Crippen MR) is 120 cm³/mol. The maximum absolute atomic E-state index is 12.3. The third-order valence-corrected chi connectivity index (χ3v) is 5.99. The van der Waals surface area contributed by atoms with Crippen molar-refractivity contribution >= 4 is 42.4 Å². The van der Waals surface area contributed by atoms with Crippen LogP contribution in [0.5, 0.6) is 11.5 Å². The SMILES string of the molecule is CO.COc1c(C)c2c(c(OCCSI)c1C/C=C(\C)CCC=O)C(=O)OC2. The van der Waals surface area contributed by atoms with Gasteiger partial charge in [0, 0.05) is 30.4 Å². The molecule has 1 heterocycles. The molecule has 1 aliphatic rings. The minimum Gasteiger partial charge on any atom is -0.496 e. The molecule has 0 aliphatic carbocycles. The lowest BCUT2D eigenvalue weighted by Gasteiger charge is -2.19. The third kappa shape index (κ3) is 6.12. The van der Waals surface area contributed by atoms with E-state index in [0.717, 1.165) is 53.6 Å². The van der Waals surface area contributed by atoms with Crippen LogP contribution in [0.4, 0.5) is 0 Å². The van der Waals surface area contributed by atoms with Crippen LogP contribution < -0.4 is 9.47 Å². The standard InChI is InChI=1S/C19H23IO5S.CH4O/c1-12(5-4-8-21)6-7-14-17(23-3)13(2)15-11-25-19(22)16(15)18(14)24-9-10-26-20;1-2/h6,8H,4-5,7,9-11H2,1-3H3;2H,1H3/b12-6+;. The normalized spacial score (nSPS) is 12.6. The highest BCUT2D eigenvalue weighted by Gasteiger charge is 2.33. The molecule has 156 valence electrons. The molecular weight excluding hydrogens is 495 g/mol. The molecule has 1 aliphatic heterocycles. The lowest BCUT2D eigenvalue weighted by atomic mass is 9.94. The average molecular weight is 522 g/mol. The van der Waals surface area contributed by atoms with E-state index in [1.54, 1.807) is 16.0 Å². The van der Waals surface area contributed by atoms with Crippen LogP contribution in [-0.4, -0.2) is 43.9 Å². The molecule has 28 heavy (non-hydrogen) atoms. The van der Waals surface area contributed by atoms with E-state index in [4.69, 9.17) is 19.3 Å². The number of allylic oxidation sites excluding steroid dienone is 2. The van der Waals surface area contributed by atoms with E-state index in [2.05, 4.69) is 27.3 Å². The average Bonchev–Trinajstić information content (AvgIpc) is 3.10. The molecule has 0 bridgehead atoms. The van der Waals surface area contributed by atoms with Crippen LogP contribution in [0.1, 0.15) is 46.8 Å². The molecule has 0 saturated heterocycles. The van der Waals surface area contributed by atoms with E-state index in [-0.39, 0.29) is 12.6 Å². The van der Waals surface area contributed by atoms with Gasteiger partial charge < -0.3 is 24.1 Å². The van der Waals surface area contributed by atoms with E-state index in [1.165, 1.54) is 0 Å². The molecule has 6 nitrogen and oxygen atoms in total. The Bertz CT molecular complexity index is 717. The fraction of sp³-hybridized carbons (Fsp3) is 0.500. The Balaban J connectivity index is 0.00000190. The molecule has 0 amide bonds. The summed E-state index contributed by atoms with van der Waals surface area (Å²) in [6.45, 7) is 4.69. The molecule has 8 heteroatoms. The van der Waals surface area contributed by atoms with Crippen LogP contribution in [0.2, 0.25) is 0 Å². The Morgan fingerprint density at radius 2 is 2.07 bits per heavy atom. The van der Waals surface area contributed by atoms with Crippen LogP contribution in [-0.2, 0) is 22.6 Å². The fourth-order valence-electron chi connectivity index (χ4n) is 3.01. The number of fused-ring (bicyclic) bond motifs is 1. The van der Waals surface area contributed by atoms with Gasteiger partial charge in [-0.1, -0.05) is 20.6 Å². The smallest absolute Gasteiger partial charge is 0.342 e. The topological polar surface area (TPSA) is 82.1 Å². The van der Waals surface area contributed by atoms with Crippen molar-refractivity contribution in [3.8, 4) is 11.5 Å². The number of cyclic esters (lactones) is 1. The molecule has 0 aromatic heterocycles. The number of aldehydes is 1. The van der Waals surface area contributed by atoms with E-state index < -0.39 is 0 Å². The van der Waals surface area contributed by atoms with Gasteiger partial charge in [-0.25, -0.2) is 4.79 Å². The summed E-state index contributed by atoms with van der Waals surface area (Å²) >= 11 is 2.22. The Kier molecular flexibility index (Phi) is 11.6. The number of esters is 1. The lowest BCUT2D eigenvalue weighted by molar-refractivity contribution is -0.107. The summed E-state index contributed by atoms with van der Waals surface area (Å²) in [6.07, 6.45) is 4.78. The van der Waals surface area contributed by atoms with Gasteiger partial charge in [-0.3, -0.25) is 0 Å². The second-order valence-corrected chi connectivity index (χ2v) is 8.51. The minimum atomic E-state index is -0.342. The van der Waals surface area contributed by atoms with Crippen LogP contribution in [0.15, 0.2) is 11.6 Å². The van der Waals surface area contributed by atoms with Crippen molar-refractivity contribution in [3.63, 3.8) is 0 Å². The first kappa shape index (κ1) is 24.8. The van der Waals surface area contributed by atoms with Crippen molar-refractivity contribution in [1.29, 1.82) is 0 Å². The molecule has 1 aromatic rings. The molecule has 0 unspecified atom stereocenters. The Labute approximate surface area is 182 Å². The first-order valence-corrected chi connectivity index (χ1v) is 12.4. The molecule has 2 rings (SSSR count). The van der Waals surface area contributed by atoms with Gasteiger partial charge in [0.1, 0.15) is 30.0 Å². The summed E-state index contributed by atoms with van der Waals surface area (Å²) in [7, 11) is 4.28. The van der Waals surface area contributed by atoms with Gasteiger partial charge >= 0.3 is 5.97 Å². The first-order chi connectivity index (χ1) is 13.5. The zero-order valence-corrected chi connectivity index (χ0v) is 19.6. The molecule has 0 saturated carbocycles.